The zero-order valence-corrected chi connectivity index (χ0v) is 15.0. The molecule has 0 unspecified atom stereocenters. The molecule has 2 aliphatic rings. The van der Waals surface area contributed by atoms with E-state index in [-0.39, 0.29) is 17.9 Å². The SMILES string of the molecule is C[C@H](C1CC1)n1nccc1NC(=O)[C@@H]1CCCN1C(=O)c1cccs1. The van der Waals surface area contributed by atoms with Gasteiger partial charge in [0.25, 0.3) is 5.91 Å². The van der Waals surface area contributed by atoms with Crippen LogP contribution >= 0.6 is 11.3 Å². The summed E-state index contributed by atoms with van der Waals surface area (Å²) in [5.74, 6) is 1.21. The molecule has 0 spiro atoms. The van der Waals surface area contributed by atoms with E-state index in [1.54, 1.807) is 11.1 Å². The van der Waals surface area contributed by atoms with Crippen LogP contribution in [0.3, 0.4) is 0 Å². The summed E-state index contributed by atoms with van der Waals surface area (Å²) < 4.78 is 1.90. The lowest BCUT2D eigenvalue weighted by atomic mass is 10.2. The van der Waals surface area contributed by atoms with Crippen molar-refractivity contribution < 1.29 is 9.59 Å². The van der Waals surface area contributed by atoms with Crippen LogP contribution in [-0.4, -0.2) is 39.1 Å². The minimum Gasteiger partial charge on any atom is -0.326 e. The Morgan fingerprint density at radius 2 is 2.16 bits per heavy atom. The molecule has 3 heterocycles. The Morgan fingerprint density at radius 3 is 2.88 bits per heavy atom. The van der Waals surface area contributed by atoms with E-state index in [9.17, 15) is 9.59 Å². The molecule has 2 atom stereocenters. The van der Waals surface area contributed by atoms with Gasteiger partial charge in [0.2, 0.25) is 5.91 Å². The monoisotopic (exact) mass is 358 g/mol. The van der Waals surface area contributed by atoms with E-state index in [0.717, 1.165) is 12.2 Å². The molecule has 0 radical (unpaired) electrons. The van der Waals surface area contributed by atoms with Gasteiger partial charge in [0, 0.05) is 12.6 Å². The molecule has 4 rings (SSSR count). The molecule has 0 aromatic carbocycles. The largest absolute Gasteiger partial charge is 0.326 e. The van der Waals surface area contributed by atoms with Crippen LogP contribution < -0.4 is 5.32 Å². The molecule has 2 aromatic rings. The standard InChI is InChI=1S/C18H22N4O2S/c1-12(13-6-7-13)22-16(8-9-19-22)20-17(23)14-4-2-10-21(14)18(24)15-5-3-11-25-15/h3,5,8-9,11-14H,2,4,6-7,10H2,1H3,(H,20,23)/t12-,14+/m1/s1. The van der Waals surface area contributed by atoms with Crippen molar-refractivity contribution in [2.24, 2.45) is 5.92 Å². The Bertz CT molecular complexity index is 766. The fourth-order valence-corrected chi connectivity index (χ4v) is 4.23. The number of likely N-dealkylation sites (tertiary alicyclic amines) is 1. The molecule has 7 heteroatoms. The van der Waals surface area contributed by atoms with Gasteiger partial charge in [-0.25, -0.2) is 4.68 Å². The Labute approximate surface area is 150 Å². The summed E-state index contributed by atoms with van der Waals surface area (Å²) in [4.78, 5) is 27.8. The normalized spacial score (nSPS) is 21.3. The van der Waals surface area contributed by atoms with E-state index in [1.807, 2.05) is 28.3 Å². The molecule has 1 saturated heterocycles. The van der Waals surface area contributed by atoms with E-state index < -0.39 is 6.04 Å². The minimum atomic E-state index is -0.408. The number of carbonyl (C=O) groups excluding carboxylic acids is 2. The maximum Gasteiger partial charge on any atom is 0.264 e. The number of aromatic nitrogens is 2. The number of rotatable bonds is 5. The zero-order chi connectivity index (χ0) is 17.4. The summed E-state index contributed by atoms with van der Waals surface area (Å²) in [5, 5.41) is 9.26. The highest BCUT2D eigenvalue weighted by Crippen LogP contribution is 2.40. The van der Waals surface area contributed by atoms with E-state index >= 15 is 0 Å². The molecule has 2 amide bonds. The lowest BCUT2D eigenvalue weighted by molar-refractivity contribution is -0.119. The lowest BCUT2D eigenvalue weighted by Gasteiger charge is -2.24. The molecular formula is C18H22N4O2S. The summed E-state index contributed by atoms with van der Waals surface area (Å²) in [5.41, 5.74) is 0. The van der Waals surface area contributed by atoms with Gasteiger partial charge >= 0.3 is 0 Å². The van der Waals surface area contributed by atoms with Gasteiger partial charge in [0.15, 0.2) is 0 Å². The first-order valence-electron chi connectivity index (χ1n) is 8.84. The highest BCUT2D eigenvalue weighted by molar-refractivity contribution is 7.12. The van der Waals surface area contributed by atoms with Gasteiger partial charge in [-0.05, 0) is 50.0 Å². The highest BCUT2D eigenvalue weighted by Gasteiger charge is 2.36. The second kappa shape index (κ2) is 6.63. The fraction of sp³-hybridized carbons (Fsp3) is 0.500. The third-order valence-corrected chi connectivity index (χ3v) is 6.02. The number of thiophene rings is 1. The van der Waals surface area contributed by atoms with Crippen LogP contribution in [0.25, 0.3) is 0 Å². The highest BCUT2D eigenvalue weighted by atomic mass is 32.1. The first-order chi connectivity index (χ1) is 12.1. The topological polar surface area (TPSA) is 67.2 Å². The number of anilines is 1. The Kier molecular flexibility index (Phi) is 4.33. The van der Waals surface area contributed by atoms with Crippen molar-refractivity contribution in [2.75, 3.05) is 11.9 Å². The quantitative estimate of drug-likeness (QED) is 0.893. The predicted molar refractivity (Wildman–Crippen MR) is 96.7 cm³/mol. The van der Waals surface area contributed by atoms with E-state index in [4.69, 9.17) is 0 Å². The number of hydrogen-bond donors (Lipinski definition) is 1. The Hall–Kier alpha value is -2.15. The summed E-state index contributed by atoms with van der Waals surface area (Å²) in [6.07, 6.45) is 5.72. The molecular weight excluding hydrogens is 336 g/mol. The van der Waals surface area contributed by atoms with E-state index in [0.29, 0.717) is 23.8 Å². The van der Waals surface area contributed by atoms with Crippen LogP contribution in [0.1, 0.15) is 48.3 Å². The van der Waals surface area contributed by atoms with Crippen molar-refractivity contribution in [3.8, 4) is 0 Å². The Balaban J connectivity index is 1.47. The number of nitrogens with one attached hydrogen (secondary N) is 1. The first kappa shape index (κ1) is 16.3. The maximum atomic E-state index is 12.8. The van der Waals surface area contributed by atoms with Crippen molar-refractivity contribution in [3.63, 3.8) is 0 Å². The van der Waals surface area contributed by atoms with Gasteiger partial charge in [0.1, 0.15) is 11.9 Å². The summed E-state index contributed by atoms with van der Waals surface area (Å²) in [7, 11) is 0. The molecule has 25 heavy (non-hydrogen) atoms. The fourth-order valence-electron chi connectivity index (χ4n) is 3.55. The van der Waals surface area contributed by atoms with Crippen molar-refractivity contribution in [1.29, 1.82) is 0 Å². The van der Waals surface area contributed by atoms with Crippen molar-refractivity contribution in [3.05, 3.63) is 34.7 Å². The number of carbonyl (C=O) groups is 2. The van der Waals surface area contributed by atoms with Gasteiger partial charge in [-0.1, -0.05) is 6.07 Å². The molecule has 1 aliphatic heterocycles. The lowest BCUT2D eigenvalue weighted by Crippen LogP contribution is -2.43. The molecule has 0 bridgehead atoms. The van der Waals surface area contributed by atoms with Crippen LogP contribution in [-0.2, 0) is 4.79 Å². The minimum absolute atomic E-state index is 0.0486. The average Bonchev–Trinajstić information content (AvgIpc) is 3.05. The van der Waals surface area contributed by atoms with Gasteiger partial charge < -0.3 is 10.2 Å². The van der Waals surface area contributed by atoms with Crippen LogP contribution in [0, 0.1) is 5.92 Å². The second-order valence-corrected chi connectivity index (χ2v) is 7.81. The number of nitrogens with zero attached hydrogens (tertiary/aromatic N) is 3. The average molecular weight is 358 g/mol. The predicted octanol–water partition coefficient (Wildman–Crippen LogP) is 3.16. The molecule has 132 valence electrons. The van der Waals surface area contributed by atoms with E-state index in [1.165, 1.54) is 24.2 Å². The van der Waals surface area contributed by atoms with E-state index in [2.05, 4.69) is 17.3 Å². The molecule has 1 aliphatic carbocycles. The maximum absolute atomic E-state index is 12.8. The summed E-state index contributed by atoms with van der Waals surface area (Å²) >= 11 is 1.42. The molecule has 6 nitrogen and oxygen atoms in total. The number of amides is 2. The number of hydrogen-bond acceptors (Lipinski definition) is 4. The van der Waals surface area contributed by atoms with Crippen LogP contribution in [0.4, 0.5) is 5.82 Å². The van der Waals surface area contributed by atoms with Crippen molar-refractivity contribution in [2.45, 2.75) is 44.7 Å². The van der Waals surface area contributed by atoms with Gasteiger partial charge in [-0.3, -0.25) is 9.59 Å². The van der Waals surface area contributed by atoms with Gasteiger partial charge in [0.05, 0.1) is 17.1 Å². The molecule has 2 aromatic heterocycles. The molecule has 2 fully saturated rings. The van der Waals surface area contributed by atoms with Crippen molar-refractivity contribution in [1.82, 2.24) is 14.7 Å². The van der Waals surface area contributed by atoms with Gasteiger partial charge in [-0.15, -0.1) is 11.3 Å². The summed E-state index contributed by atoms with van der Waals surface area (Å²) in [6, 6.07) is 5.39. The second-order valence-electron chi connectivity index (χ2n) is 6.86. The van der Waals surface area contributed by atoms with Crippen LogP contribution in [0.2, 0.25) is 0 Å². The zero-order valence-electron chi connectivity index (χ0n) is 14.2. The molecule has 1 N–H and O–H groups in total. The van der Waals surface area contributed by atoms with Crippen LogP contribution in [0.5, 0.6) is 0 Å². The van der Waals surface area contributed by atoms with Gasteiger partial charge in [-0.2, -0.15) is 5.10 Å². The Morgan fingerprint density at radius 1 is 1.32 bits per heavy atom. The smallest absolute Gasteiger partial charge is 0.264 e. The third kappa shape index (κ3) is 3.20. The summed E-state index contributed by atoms with van der Waals surface area (Å²) in [6.45, 7) is 2.77. The first-order valence-corrected chi connectivity index (χ1v) is 9.72. The third-order valence-electron chi connectivity index (χ3n) is 5.16. The molecule has 1 saturated carbocycles. The van der Waals surface area contributed by atoms with Crippen LogP contribution in [0.15, 0.2) is 29.8 Å². The van der Waals surface area contributed by atoms with Crippen molar-refractivity contribution >= 4 is 29.0 Å².